The van der Waals surface area contributed by atoms with Gasteiger partial charge in [-0.25, -0.2) is 4.68 Å². The minimum absolute atomic E-state index is 0.107. The van der Waals surface area contributed by atoms with Crippen LogP contribution in [0.4, 0.5) is 0 Å². The third kappa shape index (κ3) is 5.86. The number of nitrogens with one attached hydrogen (secondary N) is 1. The van der Waals surface area contributed by atoms with Gasteiger partial charge in [-0.2, -0.15) is 5.10 Å². The number of aryl methyl sites for hydroxylation is 1. The smallest absolute Gasteiger partial charge is 0.266 e. The first-order chi connectivity index (χ1) is 15.0. The van der Waals surface area contributed by atoms with Crippen molar-refractivity contribution in [2.24, 2.45) is 0 Å². The number of carbonyl (C=O) groups is 1. The van der Waals surface area contributed by atoms with Gasteiger partial charge in [-0.3, -0.25) is 9.59 Å². The normalized spacial score (nSPS) is 10.5. The van der Waals surface area contributed by atoms with Crippen molar-refractivity contribution in [3.8, 4) is 22.8 Å². The topological polar surface area (TPSA) is 82.5 Å². The molecule has 3 aromatic rings. The Morgan fingerprint density at radius 3 is 2.58 bits per heavy atom. The lowest BCUT2D eigenvalue weighted by atomic mass is 10.1. The Kier molecular flexibility index (Phi) is 7.67. The van der Waals surface area contributed by atoms with Gasteiger partial charge in [0.25, 0.3) is 5.56 Å². The number of nitrogens with zero attached hydrogens (tertiary/aromatic N) is 2. The van der Waals surface area contributed by atoms with Crippen LogP contribution in [0.25, 0.3) is 11.3 Å². The molecule has 0 atom stereocenters. The van der Waals surface area contributed by atoms with Gasteiger partial charge >= 0.3 is 0 Å². The molecule has 2 aromatic carbocycles. The van der Waals surface area contributed by atoms with Gasteiger partial charge in [-0.1, -0.05) is 29.8 Å². The number of ether oxygens (including phenoxy) is 2. The number of methoxy groups -OCH3 is 2. The highest BCUT2D eigenvalue weighted by molar-refractivity contribution is 6.31. The quantitative estimate of drug-likeness (QED) is 0.547. The zero-order valence-electron chi connectivity index (χ0n) is 17.4. The van der Waals surface area contributed by atoms with Gasteiger partial charge in [0.05, 0.1) is 19.9 Å². The number of rotatable bonds is 9. The highest BCUT2D eigenvalue weighted by atomic mass is 35.5. The number of hydrogen-bond acceptors (Lipinski definition) is 5. The van der Waals surface area contributed by atoms with Gasteiger partial charge in [-0.05, 0) is 42.3 Å². The van der Waals surface area contributed by atoms with E-state index in [1.54, 1.807) is 38.5 Å². The van der Waals surface area contributed by atoms with E-state index in [-0.39, 0.29) is 17.9 Å². The van der Waals surface area contributed by atoms with Crippen molar-refractivity contribution in [2.45, 2.75) is 25.9 Å². The summed E-state index contributed by atoms with van der Waals surface area (Å²) in [5.74, 6) is 1.08. The third-order valence-corrected chi connectivity index (χ3v) is 5.12. The summed E-state index contributed by atoms with van der Waals surface area (Å²) >= 11 is 6.10. The SMILES string of the molecule is COc1ccc(-c2ccc(=O)n(CCCC(=O)NCc3ccccc3Cl)n2)cc1OC. The van der Waals surface area contributed by atoms with Crippen LogP contribution >= 0.6 is 11.6 Å². The molecule has 0 aliphatic rings. The summed E-state index contributed by atoms with van der Waals surface area (Å²) in [6, 6.07) is 15.9. The molecule has 162 valence electrons. The number of carbonyl (C=O) groups excluding carboxylic acids is 1. The summed E-state index contributed by atoms with van der Waals surface area (Å²) in [6.07, 6.45) is 0.760. The molecule has 31 heavy (non-hydrogen) atoms. The first kappa shape index (κ1) is 22.4. The zero-order chi connectivity index (χ0) is 22.2. The first-order valence-electron chi connectivity index (χ1n) is 9.82. The van der Waals surface area contributed by atoms with E-state index in [9.17, 15) is 9.59 Å². The summed E-state index contributed by atoms with van der Waals surface area (Å²) in [5, 5.41) is 7.89. The Balaban J connectivity index is 1.60. The monoisotopic (exact) mass is 441 g/mol. The lowest BCUT2D eigenvalue weighted by Crippen LogP contribution is -2.25. The van der Waals surface area contributed by atoms with Crippen LogP contribution in [0.3, 0.4) is 0 Å². The van der Waals surface area contributed by atoms with Crippen LogP contribution < -0.4 is 20.3 Å². The molecule has 0 fully saturated rings. The molecule has 0 unspecified atom stereocenters. The van der Waals surface area contributed by atoms with E-state index in [1.807, 2.05) is 24.3 Å². The predicted molar refractivity (Wildman–Crippen MR) is 120 cm³/mol. The second-order valence-corrected chi connectivity index (χ2v) is 7.23. The second-order valence-electron chi connectivity index (χ2n) is 6.82. The third-order valence-electron chi connectivity index (χ3n) is 4.75. The maximum Gasteiger partial charge on any atom is 0.266 e. The second kappa shape index (κ2) is 10.6. The van der Waals surface area contributed by atoms with Crippen molar-refractivity contribution in [1.29, 1.82) is 0 Å². The molecule has 0 aliphatic heterocycles. The molecule has 0 aliphatic carbocycles. The minimum Gasteiger partial charge on any atom is -0.493 e. The fraction of sp³-hybridized carbons (Fsp3) is 0.261. The van der Waals surface area contributed by atoms with E-state index in [0.717, 1.165) is 11.1 Å². The van der Waals surface area contributed by atoms with Gasteiger partial charge < -0.3 is 14.8 Å². The molecule has 0 bridgehead atoms. The lowest BCUT2D eigenvalue weighted by Gasteiger charge is -2.11. The summed E-state index contributed by atoms with van der Waals surface area (Å²) in [4.78, 5) is 24.3. The van der Waals surface area contributed by atoms with Crippen molar-refractivity contribution in [2.75, 3.05) is 14.2 Å². The molecular formula is C23H24ClN3O4. The Labute approximate surface area is 185 Å². The summed E-state index contributed by atoms with van der Waals surface area (Å²) in [7, 11) is 3.13. The standard InChI is InChI=1S/C23H24ClN3O4/c1-30-20-11-9-16(14-21(20)31-2)19-10-12-23(29)27(26-19)13-5-8-22(28)25-15-17-6-3-4-7-18(17)24/h3-4,6-7,9-12,14H,5,8,13,15H2,1-2H3,(H,25,28). The van der Waals surface area contributed by atoms with Crippen LogP contribution in [0.2, 0.25) is 5.02 Å². The molecule has 3 rings (SSSR count). The van der Waals surface area contributed by atoms with E-state index in [2.05, 4.69) is 10.4 Å². The van der Waals surface area contributed by atoms with Crippen molar-refractivity contribution < 1.29 is 14.3 Å². The van der Waals surface area contributed by atoms with Crippen LogP contribution in [0.15, 0.2) is 59.4 Å². The maximum atomic E-state index is 12.2. The number of halogens is 1. The molecule has 1 aromatic heterocycles. The predicted octanol–water partition coefficient (Wildman–Crippen LogP) is 3.68. The minimum atomic E-state index is -0.222. The maximum absolute atomic E-state index is 12.2. The number of aromatic nitrogens is 2. The highest BCUT2D eigenvalue weighted by Crippen LogP contribution is 2.31. The number of amides is 1. The van der Waals surface area contributed by atoms with Crippen LogP contribution in [-0.2, 0) is 17.9 Å². The fourth-order valence-electron chi connectivity index (χ4n) is 3.07. The number of hydrogen-bond donors (Lipinski definition) is 1. The molecule has 0 spiro atoms. The van der Waals surface area contributed by atoms with E-state index in [0.29, 0.717) is 41.7 Å². The average Bonchev–Trinajstić information content (AvgIpc) is 2.79. The summed E-state index contributed by atoms with van der Waals surface area (Å²) in [5.41, 5.74) is 2.06. The van der Waals surface area contributed by atoms with Crippen molar-refractivity contribution >= 4 is 17.5 Å². The van der Waals surface area contributed by atoms with Crippen molar-refractivity contribution in [1.82, 2.24) is 15.1 Å². The Morgan fingerprint density at radius 2 is 1.84 bits per heavy atom. The molecular weight excluding hydrogens is 418 g/mol. The zero-order valence-corrected chi connectivity index (χ0v) is 18.2. The largest absolute Gasteiger partial charge is 0.493 e. The van der Waals surface area contributed by atoms with E-state index >= 15 is 0 Å². The van der Waals surface area contributed by atoms with Crippen LogP contribution in [0.1, 0.15) is 18.4 Å². The Morgan fingerprint density at radius 1 is 1.06 bits per heavy atom. The van der Waals surface area contributed by atoms with E-state index < -0.39 is 0 Å². The summed E-state index contributed by atoms with van der Waals surface area (Å²) in [6.45, 7) is 0.699. The van der Waals surface area contributed by atoms with Gasteiger partial charge in [0.2, 0.25) is 5.91 Å². The molecule has 8 heteroatoms. The van der Waals surface area contributed by atoms with Crippen LogP contribution in [0, 0.1) is 0 Å². The first-order valence-corrected chi connectivity index (χ1v) is 10.2. The molecule has 7 nitrogen and oxygen atoms in total. The number of benzene rings is 2. The molecule has 0 saturated carbocycles. The van der Waals surface area contributed by atoms with E-state index in [4.69, 9.17) is 21.1 Å². The summed E-state index contributed by atoms with van der Waals surface area (Å²) < 4.78 is 12.0. The van der Waals surface area contributed by atoms with E-state index in [1.165, 1.54) is 10.7 Å². The van der Waals surface area contributed by atoms with Crippen LogP contribution in [0.5, 0.6) is 11.5 Å². The Bertz CT molecular complexity index is 1110. The fourth-order valence-corrected chi connectivity index (χ4v) is 3.27. The average molecular weight is 442 g/mol. The molecule has 1 N–H and O–H groups in total. The molecule has 0 radical (unpaired) electrons. The Hall–Kier alpha value is -3.32. The van der Waals surface area contributed by atoms with Gasteiger partial charge in [-0.15, -0.1) is 0 Å². The van der Waals surface area contributed by atoms with Crippen molar-refractivity contribution in [3.63, 3.8) is 0 Å². The highest BCUT2D eigenvalue weighted by Gasteiger charge is 2.10. The molecule has 0 saturated heterocycles. The van der Waals surface area contributed by atoms with Gasteiger partial charge in [0, 0.05) is 36.2 Å². The molecule has 1 heterocycles. The van der Waals surface area contributed by atoms with Gasteiger partial charge in [0.1, 0.15) is 0 Å². The molecule has 1 amide bonds. The lowest BCUT2D eigenvalue weighted by molar-refractivity contribution is -0.121. The van der Waals surface area contributed by atoms with Crippen LogP contribution in [-0.4, -0.2) is 29.9 Å². The van der Waals surface area contributed by atoms with Crippen molar-refractivity contribution in [3.05, 3.63) is 75.5 Å². The van der Waals surface area contributed by atoms with Gasteiger partial charge in [0.15, 0.2) is 11.5 Å².